The molecule has 0 aromatic heterocycles. The van der Waals surface area contributed by atoms with E-state index in [2.05, 4.69) is 27.4 Å². The second-order valence-electron chi connectivity index (χ2n) is 3.70. The summed E-state index contributed by atoms with van der Waals surface area (Å²) < 4.78 is 11.7. The topological polar surface area (TPSA) is 18.5 Å². The molecule has 0 aliphatic rings. The van der Waals surface area contributed by atoms with Gasteiger partial charge in [-0.25, -0.2) is 9.05 Å². The molecule has 0 saturated heterocycles. The maximum Gasteiger partial charge on any atom is 0.271 e. The maximum atomic E-state index is 5.85. The fourth-order valence-corrected chi connectivity index (χ4v) is 2.49. The van der Waals surface area contributed by atoms with E-state index in [0.717, 1.165) is 32.2 Å². The standard InChI is InChI=1S/C11H26O2P/c1-5-8-10-12-14(4,7-3)13-11-9-6-2/h5-11H2,1-4H3/q+1. The summed E-state index contributed by atoms with van der Waals surface area (Å²) in [6, 6.07) is 0. The molecule has 0 unspecified atom stereocenters. The minimum atomic E-state index is -1.51. The third-order valence-electron chi connectivity index (χ3n) is 2.30. The lowest BCUT2D eigenvalue weighted by Gasteiger charge is -2.18. The van der Waals surface area contributed by atoms with E-state index >= 15 is 0 Å². The molecule has 0 N–H and O–H groups in total. The van der Waals surface area contributed by atoms with E-state index in [1.165, 1.54) is 12.8 Å². The van der Waals surface area contributed by atoms with Crippen LogP contribution < -0.4 is 0 Å². The average molecular weight is 221 g/mol. The quantitative estimate of drug-likeness (QED) is 0.431. The molecule has 0 fully saturated rings. The molecule has 14 heavy (non-hydrogen) atoms. The Morgan fingerprint density at radius 1 is 0.857 bits per heavy atom. The van der Waals surface area contributed by atoms with Gasteiger partial charge in [0, 0.05) is 0 Å². The molecule has 0 atom stereocenters. The van der Waals surface area contributed by atoms with Crippen LogP contribution in [-0.2, 0) is 9.05 Å². The van der Waals surface area contributed by atoms with Crippen LogP contribution >= 0.6 is 7.72 Å². The highest BCUT2D eigenvalue weighted by Crippen LogP contribution is 2.57. The molecular formula is C11H26O2P+. The highest BCUT2D eigenvalue weighted by atomic mass is 31.2. The number of rotatable bonds is 9. The van der Waals surface area contributed by atoms with E-state index in [1.807, 2.05) is 0 Å². The largest absolute Gasteiger partial charge is 0.271 e. The molecule has 0 rings (SSSR count). The van der Waals surface area contributed by atoms with Crippen molar-refractivity contribution < 1.29 is 9.05 Å². The fraction of sp³-hybridized carbons (Fsp3) is 1.00. The van der Waals surface area contributed by atoms with Crippen molar-refractivity contribution in [2.45, 2.75) is 46.5 Å². The Bertz CT molecular complexity index is 118. The first-order chi connectivity index (χ1) is 6.68. The van der Waals surface area contributed by atoms with Gasteiger partial charge in [0.2, 0.25) is 0 Å². The van der Waals surface area contributed by atoms with E-state index in [1.54, 1.807) is 0 Å². The van der Waals surface area contributed by atoms with Gasteiger partial charge < -0.3 is 0 Å². The zero-order chi connectivity index (χ0) is 10.9. The summed E-state index contributed by atoms with van der Waals surface area (Å²) in [5, 5.41) is 0. The monoisotopic (exact) mass is 221 g/mol. The summed E-state index contributed by atoms with van der Waals surface area (Å²) in [4.78, 5) is 0. The Labute approximate surface area is 89.9 Å². The van der Waals surface area contributed by atoms with Crippen molar-refractivity contribution in [2.24, 2.45) is 0 Å². The van der Waals surface area contributed by atoms with Gasteiger partial charge in [0.05, 0.1) is 13.2 Å². The summed E-state index contributed by atoms with van der Waals surface area (Å²) in [6.45, 7) is 10.4. The van der Waals surface area contributed by atoms with Gasteiger partial charge >= 0.3 is 0 Å². The third kappa shape index (κ3) is 6.75. The van der Waals surface area contributed by atoms with E-state index < -0.39 is 7.72 Å². The average Bonchev–Trinajstić information content (AvgIpc) is 2.19. The van der Waals surface area contributed by atoms with Gasteiger partial charge in [-0.2, -0.15) is 0 Å². The molecule has 86 valence electrons. The van der Waals surface area contributed by atoms with Crippen LogP contribution in [0, 0.1) is 0 Å². The molecule has 0 saturated carbocycles. The smallest absolute Gasteiger partial charge is 0.207 e. The Kier molecular flexibility index (Phi) is 8.86. The molecule has 0 aliphatic carbocycles. The molecule has 0 radical (unpaired) electrons. The van der Waals surface area contributed by atoms with E-state index in [0.29, 0.717) is 0 Å². The molecule has 0 amide bonds. The van der Waals surface area contributed by atoms with Crippen molar-refractivity contribution in [3.8, 4) is 0 Å². The first kappa shape index (κ1) is 14.3. The van der Waals surface area contributed by atoms with Gasteiger partial charge in [-0.3, -0.25) is 0 Å². The van der Waals surface area contributed by atoms with Crippen LogP contribution in [0.3, 0.4) is 0 Å². The lowest BCUT2D eigenvalue weighted by molar-refractivity contribution is 0.229. The highest BCUT2D eigenvalue weighted by Gasteiger charge is 2.32. The summed E-state index contributed by atoms with van der Waals surface area (Å²) in [7, 11) is -1.51. The zero-order valence-corrected chi connectivity index (χ0v) is 11.1. The van der Waals surface area contributed by atoms with Crippen molar-refractivity contribution in [1.82, 2.24) is 0 Å². The molecule has 0 heterocycles. The van der Waals surface area contributed by atoms with Crippen LogP contribution in [-0.4, -0.2) is 26.0 Å². The second kappa shape index (κ2) is 8.64. The van der Waals surface area contributed by atoms with E-state index in [9.17, 15) is 0 Å². The van der Waals surface area contributed by atoms with E-state index in [-0.39, 0.29) is 0 Å². The lowest BCUT2D eigenvalue weighted by atomic mass is 10.4. The second-order valence-corrected chi connectivity index (χ2v) is 6.88. The SMILES string of the molecule is CCCCO[P+](C)(CC)OCCCC. The summed E-state index contributed by atoms with van der Waals surface area (Å²) in [6.07, 6.45) is 5.71. The molecule has 0 aromatic carbocycles. The Morgan fingerprint density at radius 3 is 1.57 bits per heavy atom. The zero-order valence-electron chi connectivity index (χ0n) is 10.2. The van der Waals surface area contributed by atoms with Crippen molar-refractivity contribution in [2.75, 3.05) is 26.0 Å². The molecule has 0 aromatic rings. The number of unbranched alkanes of at least 4 members (excludes halogenated alkanes) is 2. The van der Waals surface area contributed by atoms with Gasteiger partial charge in [-0.1, -0.05) is 26.7 Å². The van der Waals surface area contributed by atoms with E-state index in [4.69, 9.17) is 9.05 Å². The highest BCUT2D eigenvalue weighted by molar-refractivity contribution is 7.65. The van der Waals surface area contributed by atoms with Crippen molar-refractivity contribution in [3.05, 3.63) is 0 Å². The lowest BCUT2D eigenvalue weighted by Crippen LogP contribution is -2.06. The number of hydrogen-bond acceptors (Lipinski definition) is 2. The molecular weight excluding hydrogens is 195 g/mol. The van der Waals surface area contributed by atoms with Gasteiger partial charge in [-0.15, -0.1) is 0 Å². The predicted octanol–water partition coefficient (Wildman–Crippen LogP) is 4.12. The van der Waals surface area contributed by atoms with Crippen molar-refractivity contribution in [3.63, 3.8) is 0 Å². The number of hydrogen-bond donors (Lipinski definition) is 0. The van der Waals surface area contributed by atoms with Gasteiger partial charge in [-0.05, 0) is 19.8 Å². The Hall–Kier alpha value is 0.350. The van der Waals surface area contributed by atoms with Gasteiger partial charge in [0.1, 0.15) is 12.8 Å². The molecule has 3 heteroatoms. The molecule has 0 spiro atoms. The van der Waals surface area contributed by atoms with Crippen LogP contribution in [0.1, 0.15) is 46.5 Å². The van der Waals surface area contributed by atoms with Crippen LogP contribution in [0.15, 0.2) is 0 Å². The van der Waals surface area contributed by atoms with Crippen LogP contribution in [0.5, 0.6) is 0 Å². The van der Waals surface area contributed by atoms with Crippen LogP contribution in [0.4, 0.5) is 0 Å². The first-order valence-corrected chi connectivity index (χ1v) is 8.08. The summed E-state index contributed by atoms with van der Waals surface area (Å²) in [5.41, 5.74) is 0. The minimum Gasteiger partial charge on any atom is -0.207 e. The minimum absolute atomic E-state index is 0.862. The normalized spacial score (nSPS) is 12.0. The first-order valence-electron chi connectivity index (χ1n) is 5.83. The van der Waals surface area contributed by atoms with Crippen molar-refractivity contribution >= 4 is 7.72 Å². The Balaban J connectivity index is 3.67. The maximum absolute atomic E-state index is 5.85. The Morgan fingerprint density at radius 2 is 1.29 bits per heavy atom. The summed E-state index contributed by atoms with van der Waals surface area (Å²) >= 11 is 0. The fourth-order valence-electron chi connectivity index (χ4n) is 1.02. The third-order valence-corrected chi connectivity index (χ3v) is 4.91. The molecule has 0 bridgehead atoms. The predicted molar refractivity (Wildman–Crippen MR) is 65.1 cm³/mol. The van der Waals surface area contributed by atoms with Crippen LogP contribution in [0.25, 0.3) is 0 Å². The van der Waals surface area contributed by atoms with Gasteiger partial charge in [0.15, 0.2) is 0 Å². The molecule has 2 nitrogen and oxygen atoms in total. The van der Waals surface area contributed by atoms with Gasteiger partial charge in [0.25, 0.3) is 7.72 Å². The van der Waals surface area contributed by atoms with Crippen molar-refractivity contribution in [1.29, 1.82) is 0 Å². The summed E-state index contributed by atoms with van der Waals surface area (Å²) in [5.74, 6) is 0. The molecule has 0 aliphatic heterocycles. The van der Waals surface area contributed by atoms with Crippen LogP contribution in [0.2, 0.25) is 0 Å².